The molecule has 0 aromatic heterocycles. The summed E-state index contributed by atoms with van der Waals surface area (Å²) in [5.41, 5.74) is 3.11. The predicted molar refractivity (Wildman–Crippen MR) is 109 cm³/mol. The molecule has 0 saturated carbocycles. The molecule has 0 aliphatic carbocycles. The van der Waals surface area contributed by atoms with Crippen molar-refractivity contribution in [2.24, 2.45) is 0 Å². The Labute approximate surface area is 159 Å². The Morgan fingerprint density at radius 3 is 2.52 bits per heavy atom. The highest BCUT2D eigenvalue weighted by Gasteiger charge is 2.21. The van der Waals surface area contributed by atoms with Crippen LogP contribution in [0.3, 0.4) is 0 Å². The number of halogens is 1. The summed E-state index contributed by atoms with van der Waals surface area (Å²) in [5, 5.41) is 4.81. The van der Waals surface area contributed by atoms with E-state index in [0.29, 0.717) is 0 Å². The number of ether oxygens (including phenoxy) is 1. The zero-order chi connectivity index (χ0) is 17.8. The summed E-state index contributed by atoms with van der Waals surface area (Å²) in [6, 6.07) is 13.9. The van der Waals surface area contributed by atoms with Crippen LogP contribution in [0.2, 0.25) is 5.02 Å². The molecule has 1 aliphatic heterocycles. The average Bonchev–Trinajstić information content (AvgIpc) is 2.65. The van der Waals surface area contributed by atoms with Gasteiger partial charge in [-0.05, 0) is 49.0 Å². The monoisotopic (exact) mass is 375 g/mol. The van der Waals surface area contributed by atoms with Crippen molar-refractivity contribution in [3.63, 3.8) is 0 Å². The van der Waals surface area contributed by atoms with Crippen molar-refractivity contribution in [2.45, 2.75) is 6.92 Å². The van der Waals surface area contributed by atoms with Crippen molar-refractivity contribution < 1.29 is 4.74 Å². The van der Waals surface area contributed by atoms with Crippen LogP contribution in [0.25, 0.3) is 0 Å². The van der Waals surface area contributed by atoms with E-state index in [4.69, 9.17) is 28.6 Å². The van der Waals surface area contributed by atoms with E-state index in [1.807, 2.05) is 43.3 Å². The second kappa shape index (κ2) is 7.93. The summed E-state index contributed by atoms with van der Waals surface area (Å²) in [7, 11) is 1.71. The fourth-order valence-corrected chi connectivity index (χ4v) is 3.45. The molecule has 2 aromatic carbocycles. The van der Waals surface area contributed by atoms with Crippen LogP contribution in [0.4, 0.5) is 11.4 Å². The van der Waals surface area contributed by atoms with Gasteiger partial charge in [-0.1, -0.05) is 29.8 Å². The molecule has 0 unspecified atom stereocenters. The van der Waals surface area contributed by atoms with Gasteiger partial charge >= 0.3 is 0 Å². The van der Waals surface area contributed by atoms with Gasteiger partial charge in [0, 0.05) is 36.9 Å². The summed E-state index contributed by atoms with van der Waals surface area (Å²) in [4.78, 5) is 4.53. The van der Waals surface area contributed by atoms with Crippen molar-refractivity contribution in [3.8, 4) is 5.75 Å². The molecule has 25 heavy (non-hydrogen) atoms. The number of piperazine rings is 1. The van der Waals surface area contributed by atoms with E-state index in [1.54, 1.807) is 7.11 Å². The van der Waals surface area contributed by atoms with Crippen LogP contribution in [0.15, 0.2) is 42.5 Å². The third kappa shape index (κ3) is 3.99. The Bertz CT molecular complexity index is 760. The van der Waals surface area contributed by atoms with Gasteiger partial charge in [-0.15, -0.1) is 0 Å². The van der Waals surface area contributed by atoms with E-state index >= 15 is 0 Å². The Hall–Kier alpha value is -1.98. The zero-order valence-electron chi connectivity index (χ0n) is 14.5. The molecular weight excluding hydrogens is 354 g/mol. The van der Waals surface area contributed by atoms with Crippen LogP contribution in [-0.4, -0.2) is 43.3 Å². The van der Waals surface area contributed by atoms with E-state index in [1.165, 1.54) is 0 Å². The highest BCUT2D eigenvalue weighted by atomic mass is 35.5. The van der Waals surface area contributed by atoms with E-state index < -0.39 is 0 Å². The molecule has 0 radical (unpaired) electrons. The topological polar surface area (TPSA) is 27.7 Å². The summed E-state index contributed by atoms with van der Waals surface area (Å²) < 4.78 is 5.47. The van der Waals surface area contributed by atoms with E-state index in [9.17, 15) is 0 Å². The lowest BCUT2D eigenvalue weighted by molar-refractivity contribution is 0.382. The largest absolute Gasteiger partial charge is 0.495 e. The van der Waals surface area contributed by atoms with E-state index in [0.717, 1.165) is 59.0 Å². The highest BCUT2D eigenvalue weighted by Crippen LogP contribution is 2.28. The van der Waals surface area contributed by atoms with E-state index in [2.05, 4.69) is 21.2 Å². The normalized spacial score (nSPS) is 14.4. The number of rotatable bonds is 3. The van der Waals surface area contributed by atoms with Gasteiger partial charge in [-0.2, -0.15) is 0 Å². The Kier molecular flexibility index (Phi) is 5.66. The number of para-hydroxylation sites is 2. The molecular formula is C19H22ClN3OS. The van der Waals surface area contributed by atoms with Gasteiger partial charge < -0.3 is 19.9 Å². The predicted octanol–water partition coefficient (Wildman–Crippen LogP) is 4.18. The van der Waals surface area contributed by atoms with Gasteiger partial charge in [0.25, 0.3) is 0 Å². The minimum Gasteiger partial charge on any atom is -0.495 e. The van der Waals surface area contributed by atoms with Gasteiger partial charge in [-0.25, -0.2) is 0 Å². The fourth-order valence-electron chi connectivity index (χ4n) is 2.98. The van der Waals surface area contributed by atoms with Gasteiger partial charge in [0.2, 0.25) is 0 Å². The minimum absolute atomic E-state index is 0.741. The van der Waals surface area contributed by atoms with Crippen LogP contribution in [0, 0.1) is 6.92 Å². The van der Waals surface area contributed by atoms with Crippen molar-refractivity contribution >= 4 is 40.3 Å². The second-order valence-electron chi connectivity index (χ2n) is 5.99. The molecule has 6 heteroatoms. The third-order valence-electron chi connectivity index (χ3n) is 4.50. The van der Waals surface area contributed by atoms with Gasteiger partial charge in [0.1, 0.15) is 5.75 Å². The number of thiocarbonyl (C=S) groups is 1. The lowest BCUT2D eigenvalue weighted by Gasteiger charge is -2.38. The molecule has 0 bridgehead atoms. The standard InChI is InChI=1S/C19H22ClN3OS/c1-14-15(20)6-5-7-16(14)21-19(25)23-12-10-22(11-13-23)17-8-3-4-9-18(17)24-2/h3-9H,10-13H2,1-2H3,(H,21,25). The van der Waals surface area contributed by atoms with Crippen molar-refractivity contribution in [1.82, 2.24) is 4.90 Å². The van der Waals surface area contributed by atoms with E-state index in [-0.39, 0.29) is 0 Å². The van der Waals surface area contributed by atoms with Gasteiger partial charge in [-0.3, -0.25) is 0 Å². The third-order valence-corrected chi connectivity index (χ3v) is 5.27. The maximum absolute atomic E-state index is 6.18. The molecule has 0 spiro atoms. The number of nitrogens with zero attached hydrogens (tertiary/aromatic N) is 2. The molecule has 1 aliphatic rings. The second-order valence-corrected chi connectivity index (χ2v) is 6.78. The first-order valence-electron chi connectivity index (χ1n) is 8.29. The molecule has 1 N–H and O–H groups in total. The summed E-state index contributed by atoms with van der Waals surface area (Å²) in [6.07, 6.45) is 0. The number of hydrogen-bond acceptors (Lipinski definition) is 3. The highest BCUT2D eigenvalue weighted by molar-refractivity contribution is 7.80. The lowest BCUT2D eigenvalue weighted by atomic mass is 10.2. The smallest absolute Gasteiger partial charge is 0.173 e. The SMILES string of the molecule is COc1ccccc1N1CCN(C(=S)Nc2cccc(Cl)c2C)CC1. The first kappa shape index (κ1) is 17.8. The first-order valence-corrected chi connectivity index (χ1v) is 9.08. The molecule has 4 nitrogen and oxygen atoms in total. The maximum Gasteiger partial charge on any atom is 0.173 e. The number of nitrogens with one attached hydrogen (secondary N) is 1. The summed E-state index contributed by atoms with van der Waals surface area (Å²) in [5.74, 6) is 0.909. The number of benzene rings is 2. The quantitative estimate of drug-likeness (QED) is 0.812. The van der Waals surface area contributed by atoms with Crippen LogP contribution in [0.1, 0.15) is 5.56 Å². The Balaban J connectivity index is 1.62. The van der Waals surface area contributed by atoms with Crippen LogP contribution < -0.4 is 15.0 Å². The van der Waals surface area contributed by atoms with Crippen molar-refractivity contribution in [1.29, 1.82) is 0 Å². The van der Waals surface area contributed by atoms with Crippen molar-refractivity contribution in [2.75, 3.05) is 43.5 Å². The molecule has 1 heterocycles. The Morgan fingerprint density at radius 1 is 1.08 bits per heavy atom. The molecule has 2 aromatic rings. The Morgan fingerprint density at radius 2 is 1.80 bits per heavy atom. The maximum atomic E-state index is 6.18. The van der Waals surface area contributed by atoms with Gasteiger partial charge in [0.15, 0.2) is 5.11 Å². The molecule has 3 rings (SSSR count). The lowest BCUT2D eigenvalue weighted by Crippen LogP contribution is -2.50. The van der Waals surface area contributed by atoms with Crippen LogP contribution >= 0.6 is 23.8 Å². The number of hydrogen-bond donors (Lipinski definition) is 1. The molecule has 1 saturated heterocycles. The summed E-state index contributed by atoms with van der Waals surface area (Å²) >= 11 is 11.8. The van der Waals surface area contributed by atoms with Crippen molar-refractivity contribution in [3.05, 3.63) is 53.1 Å². The molecule has 0 amide bonds. The molecule has 1 fully saturated rings. The first-order chi connectivity index (χ1) is 12.1. The van der Waals surface area contributed by atoms with Crippen LogP contribution in [0.5, 0.6) is 5.75 Å². The zero-order valence-corrected chi connectivity index (χ0v) is 16.0. The number of anilines is 2. The van der Waals surface area contributed by atoms with Crippen LogP contribution in [-0.2, 0) is 0 Å². The molecule has 132 valence electrons. The van der Waals surface area contributed by atoms with Gasteiger partial charge in [0.05, 0.1) is 12.8 Å². The minimum atomic E-state index is 0.741. The molecule has 0 atom stereocenters. The summed E-state index contributed by atoms with van der Waals surface area (Å²) in [6.45, 7) is 5.52. The average molecular weight is 376 g/mol. The fraction of sp³-hybridized carbons (Fsp3) is 0.316. The number of methoxy groups -OCH3 is 1.